The largest absolute Gasteiger partial charge is 0.464 e. The average molecular weight is 303 g/mol. The predicted molar refractivity (Wildman–Crippen MR) is 76.3 cm³/mol. The summed E-state index contributed by atoms with van der Waals surface area (Å²) < 4.78 is 4.89. The number of carbonyl (C=O) groups excluding carboxylic acids is 2. The van der Waals surface area contributed by atoms with Crippen LogP contribution in [0.5, 0.6) is 0 Å². The van der Waals surface area contributed by atoms with Crippen LogP contribution in [-0.4, -0.2) is 31.1 Å². The zero-order chi connectivity index (χ0) is 14.1. The Morgan fingerprint density at radius 2 is 1.95 bits per heavy atom. The quantitative estimate of drug-likeness (QED) is 0.580. The predicted octanol–water partition coefficient (Wildman–Crippen LogP) is 1.05. The highest BCUT2D eigenvalue weighted by Gasteiger charge is 2.22. The molecule has 1 amide bonds. The number of ether oxygens (including phenoxy) is 1. The summed E-state index contributed by atoms with van der Waals surface area (Å²) in [7, 11) is 0. The maximum absolute atomic E-state index is 11.9. The van der Waals surface area contributed by atoms with Crippen molar-refractivity contribution < 1.29 is 19.2 Å². The van der Waals surface area contributed by atoms with Crippen molar-refractivity contribution in [2.45, 2.75) is 19.4 Å². The molecule has 20 heavy (non-hydrogen) atoms. The minimum atomic E-state index is -0.767. The molecule has 1 rings (SSSR count). The third-order valence-corrected chi connectivity index (χ3v) is 2.44. The van der Waals surface area contributed by atoms with Crippen LogP contribution in [-0.2, 0) is 14.4 Å². The Morgan fingerprint density at radius 1 is 1.30 bits per heavy atom. The van der Waals surface area contributed by atoms with Crippen LogP contribution in [0, 0.1) is 0 Å². The van der Waals surface area contributed by atoms with E-state index in [2.05, 4.69) is 10.2 Å². The van der Waals surface area contributed by atoms with Crippen LogP contribution in [0.25, 0.3) is 0 Å². The molecule has 0 aliphatic heterocycles. The average Bonchev–Trinajstić information content (AvgIpc) is 2.44. The lowest BCUT2D eigenvalue weighted by Gasteiger charge is -2.16. The van der Waals surface area contributed by atoms with Crippen molar-refractivity contribution in [1.82, 2.24) is 5.32 Å². The van der Waals surface area contributed by atoms with Gasteiger partial charge in [-0.1, -0.05) is 18.2 Å². The Hall–Kier alpha value is -1.63. The summed E-state index contributed by atoms with van der Waals surface area (Å²) in [5.41, 5.74) is 0.477. The van der Waals surface area contributed by atoms with E-state index >= 15 is 0 Å². The molecule has 0 saturated heterocycles. The van der Waals surface area contributed by atoms with E-state index in [4.69, 9.17) is 10.6 Å². The number of hydrogen-bond acceptors (Lipinski definition) is 5. The fourth-order valence-electron chi connectivity index (χ4n) is 1.51. The second kappa shape index (κ2) is 10.2. The number of hydrogen-bond donors (Lipinski definition) is 2. The highest BCUT2D eigenvalue weighted by Crippen LogP contribution is 2.02. The number of halogens is 1. The van der Waals surface area contributed by atoms with E-state index < -0.39 is 12.0 Å². The Kier molecular flexibility index (Phi) is 9.36. The van der Waals surface area contributed by atoms with Gasteiger partial charge in [-0.25, -0.2) is 10.7 Å². The lowest BCUT2D eigenvalue weighted by molar-refractivity contribution is -0.145. The van der Waals surface area contributed by atoms with Gasteiger partial charge >= 0.3 is 5.97 Å². The molecule has 0 aliphatic rings. The first-order valence-corrected chi connectivity index (χ1v) is 6.03. The maximum Gasteiger partial charge on any atom is 0.328 e. The minimum Gasteiger partial charge on any atom is -0.464 e. The van der Waals surface area contributed by atoms with Crippen LogP contribution >= 0.6 is 12.4 Å². The molecule has 1 unspecified atom stereocenters. The Morgan fingerprint density at radius 3 is 2.50 bits per heavy atom. The third kappa shape index (κ3) is 6.01. The standard InChI is InChI=1S/C13H18N2O4.ClH/c1-2-18-13(17)11(8-9-19-14)15-12(16)10-6-4-3-5-7-10;/h3-7,11H,2,8-9,14H2,1H3,(H,15,16);1H. The molecule has 0 bridgehead atoms. The smallest absolute Gasteiger partial charge is 0.328 e. The second-order valence-corrected chi connectivity index (χ2v) is 3.80. The highest BCUT2D eigenvalue weighted by molar-refractivity contribution is 5.96. The number of nitrogens with one attached hydrogen (secondary N) is 1. The topological polar surface area (TPSA) is 90.7 Å². The van der Waals surface area contributed by atoms with Gasteiger partial charge in [-0.2, -0.15) is 0 Å². The molecule has 1 aromatic carbocycles. The van der Waals surface area contributed by atoms with Crippen LogP contribution in [0.1, 0.15) is 23.7 Å². The van der Waals surface area contributed by atoms with Crippen molar-refractivity contribution in [1.29, 1.82) is 0 Å². The van der Waals surface area contributed by atoms with E-state index in [1.807, 2.05) is 6.07 Å². The molecule has 0 aliphatic carbocycles. The zero-order valence-corrected chi connectivity index (χ0v) is 12.0. The van der Waals surface area contributed by atoms with Crippen molar-refractivity contribution in [2.24, 2.45) is 5.90 Å². The highest BCUT2D eigenvalue weighted by atomic mass is 35.5. The lowest BCUT2D eigenvalue weighted by Crippen LogP contribution is -2.42. The van der Waals surface area contributed by atoms with Crippen molar-refractivity contribution >= 4 is 24.3 Å². The summed E-state index contributed by atoms with van der Waals surface area (Å²) in [6.45, 7) is 2.10. The third-order valence-electron chi connectivity index (χ3n) is 2.44. The molecule has 7 heteroatoms. The first-order valence-electron chi connectivity index (χ1n) is 6.03. The van der Waals surface area contributed by atoms with Gasteiger partial charge in [0.25, 0.3) is 5.91 Å². The number of benzene rings is 1. The first kappa shape index (κ1) is 18.4. The van der Waals surface area contributed by atoms with Crippen molar-refractivity contribution in [2.75, 3.05) is 13.2 Å². The van der Waals surface area contributed by atoms with E-state index in [1.54, 1.807) is 31.2 Å². The fourth-order valence-corrected chi connectivity index (χ4v) is 1.51. The number of carbonyl (C=O) groups is 2. The molecular formula is C13H19ClN2O4. The van der Waals surface area contributed by atoms with Gasteiger partial charge in [0.05, 0.1) is 13.2 Å². The minimum absolute atomic E-state index is 0. The summed E-state index contributed by atoms with van der Waals surface area (Å²) in [5, 5.41) is 2.60. The van der Waals surface area contributed by atoms with Crippen molar-refractivity contribution in [3.63, 3.8) is 0 Å². The summed E-state index contributed by atoms with van der Waals surface area (Å²) in [6.07, 6.45) is 0.258. The van der Waals surface area contributed by atoms with Crippen LogP contribution < -0.4 is 11.2 Å². The Bertz CT molecular complexity index is 414. The molecular weight excluding hydrogens is 284 g/mol. The summed E-state index contributed by atoms with van der Waals surface area (Å²) in [5.74, 6) is 4.09. The molecule has 1 aromatic rings. The number of nitrogens with two attached hydrogens (primary N) is 1. The number of rotatable bonds is 7. The van der Waals surface area contributed by atoms with Gasteiger partial charge in [-0.15, -0.1) is 12.4 Å². The molecule has 3 N–H and O–H groups in total. The van der Waals surface area contributed by atoms with E-state index in [0.29, 0.717) is 5.56 Å². The number of esters is 1. The molecule has 0 heterocycles. The van der Waals surface area contributed by atoms with Gasteiger partial charge in [-0.3, -0.25) is 4.79 Å². The molecule has 0 fully saturated rings. The van der Waals surface area contributed by atoms with E-state index in [1.165, 1.54) is 0 Å². The van der Waals surface area contributed by atoms with E-state index in [-0.39, 0.29) is 37.9 Å². The summed E-state index contributed by atoms with van der Waals surface area (Å²) >= 11 is 0. The molecule has 1 atom stereocenters. The number of amides is 1. The molecule has 0 saturated carbocycles. The van der Waals surface area contributed by atoms with Crippen LogP contribution in [0.4, 0.5) is 0 Å². The fraction of sp³-hybridized carbons (Fsp3) is 0.385. The zero-order valence-electron chi connectivity index (χ0n) is 11.2. The van der Waals surface area contributed by atoms with Crippen LogP contribution in [0.15, 0.2) is 30.3 Å². The molecule has 6 nitrogen and oxygen atoms in total. The Balaban J connectivity index is 0.00000361. The van der Waals surface area contributed by atoms with Gasteiger partial charge in [-0.05, 0) is 19.1 Å². The molecule has 0 radical (unpaired) electrons. The molecule has 112 valence electrons. The lowest BCUT2D eigenvalue weighted by atomic mass is 10.1. The summed E-state index contributed by atoms with van der Waals surface area (Å²) in [4.78, 5) is 28.0. The van der Waals surface area contributed by atoms with Crippen LogP contribution in [0.2, 0.25) is 0 Å². The van der Waals surface area contributed by atoms with Crippen molar-refractivity contribution in [3.8, 4) is 0 Å². The van der Waals surface area contributed by atoms with Gasteiger partial charge in [0.1, 0.15) is 6.04 Å². The van der Waals surface area contributed by atoms with Crippen LogP contribution in [0.3, 0.4) is 0 Å². The maximum atomic E-state index is 11.9. The normalized spacial score (nSPS) is 11.1. The van der Waals surface area contributed by atoms with Gasteiger partial charge in [0.15, 0.2) is 0 Å². The van der Waals surface area contributed by atoms with Gasteiger partial charge < -0.3 is 14.9 Å². The second-order valence-electron chi connectivity index (χ2n) is 3.80. The van der Waals surface area contributed by atoms with E-state index in [0.717, 1.165) is 0 Å². The monoisotopic (exact) mass is 302 g/mol. The molecule has 0 aromatic heterocycles. The van der Waals surface area contributed by atoms with Crippen molar-refractivity contribution in [3.05, 3.63) is 35.9 Å². The van der Waals surface area contributed by atoms with Gasteiger partial charge in [0, 0.05) is 12.0 Å². The Labute approximate surface area is 124 Å². The SMILES string of the molecule is CCOC(=O)C(CCON)NC(=O)c1ccccc1.Cl. The summed E-state index contributed by atoms with van der Waals surface area (Å²) in [6, 6.07) is 7.86. The first-order chi connectivity index (χ1) is 9.19. The van der Waals surface area contributed by atoms with E-state index in [9.17, 15) is 9.59 Å². The molecule has 0 spiro atoms. The van der Waals surface area contributed by atoms with Gasteiger partial charge in [0.2, 0.25) is 0 Å².